The van der Waals surface area contributed by atoms with E-state index >= 15 is 0 Å². The molecule has 0 spiro atoms. The summed E-state index contributed by atoms with van der Waals surface area (Å²) in [6.07, 6.45) is 9.93. The Bertz CT molecular complexity index is 358. The predicted octanol–water partition coefficient (Wildman–Crippen LogP) is 4.82. The molecule has 2 rings (SSSR count). The normalized spacial score (nSPS) is 19.2. The first kappa shape index (κ1) is 13.3. The molecule has 1 aliphatic rings. The fraction of sp³-hybridized carbons (Fsp3) is 0.588. The van der Waals surface area contributed by atoms with Crippen LogP contribution in [0.5, 0.6) is 0 Å². The Kier molecular flexibility index (Phi) is 4.98. The first-order valence-corrected chi connectivity index (χ1v) is 7.34. The number of rotatable bonds is 4. The molecule has 0 aromatic heterocycles. The van der Waals surface area contributed by atoms with Crippen LogP contribution in [0.3, 0.4) is 0 Å². The van der Waals surface area contributed by atoms with E-state index in [9.17, 15) is 4.79 Å². The van der Waals surface area contributed by atoms with E-state index < -0.39 is 0 Å². The van der Waals surface area contributed by atoms with Gasteiger partial charge in [0.2, 0.25) is 0 Å². The predicted molar refractivity (Wildman–Crippen MR) is 76.0 cm³/mol. The van der Waals surface area contributed by atoms with Crippen LogP contribution >= 0.6 is 0 Å². The van der Waals surface area contributed by atoms with Gasteiger partial charge < -0.3 is 4.79 Å². The molecule has 1 heteroatoms. The molecule has 0 saturated heterocycles. The number of hydrogen-bond donors (Lipinski definition) is 0. The van der Waals surface area contributed by atoms with Crippen molar-refractivity contribution in [1.29, 1.82) is 0 Å². The Morgan fingerprint density at radius 1 is 1.11 bits per heavy atom. The molecule has 1 nitrogen and oxygen atoms in total. The third kappa shape index (κ3) is 3.44. The van der Waals surface area contributed by atoms with Crippen molar-refractivity contribution >= 4 is 6.29 Å². The Morgan fingerprint density at radius 2 is 1.72 bits per heavy atom. The van der Waals surface area contributed by atoms with Crippen molar-refractivity contribution in [3.05, 3.63) is 35.4 Å². The highest BCUT2D eigenvalue weighted by Gasteiger charge is 2.14. The topological polar surface area (TPSA) is 17.1 Å². The number of benzene rings is 1. The number of carbonyl (C=O) groups is 1. The molecule has 0 heterocycles. The van der Waals surface area contributed by atoms with Crippen molar-refractivity contribution in [3.8, 4) is 0 Å². The highest BCUT2D eigenvalue weighted by Crippen LogP contribution is 2.32. The van der Waals surface area contributed by atoms with E-state index in [0.29, 0.717) is 12.3 Å². The fourth-order valence-electron chi connectivity index (χ4n) is 2.99. The number of hydrogen-bond acceptors (Lipinski definition) is 1. The van der Waals surface area contributed by atoms with E-state index in [2.05, 4.69) is 31.2 Å². The minimum atomic E-state index is 0.352. The van der Waals surface area contributed by atoms with Crippen molar-refractivity contribution in [2.75, 3.05) is 0 Å². The lowest BCUT2D eigenvalue weighted by Crippen LogP contribution is -1.99. The Labute approximate surface area is 111 Å². The quantitative estimate of drug-likeness (QED) is 0.548. The SMILES string of the molecule is CC(CC=O)c1ccc(C2CCCCCC2)cc1. The van der Waals surface area contributed by atoms with Crippen molar-refractivity contribution in [1.82, 2.24) is 0 Å². The molecule has 1 aromatic rings. The summed E-state index contributed by atoms with van der Waals surface area (Å²) in [5.74, 6) is 1.12. The van der Waals surface area contributed by atoms with Crippen LogP contribution in [0.15, 0.2) is 24.3 Å². The van der Waals surface area contributed by atoms with E-state index in [-0.39, 0.29) is 0 Å². The molecule has 0 N–H and O–H groups in total. The van der Waals surface area contributed by atoms with Gasteiger partial charge in [0.05, 0.1) is 0 Å². The van der Waals surface area contributed by atoms with Crippen LogP contribution in [0.1, 0.15) is 74.8 Å². The minimum Gasteiger partial charge on any atom is -0.303 e. The van der Waals surface area contributed by atoms with Crippen LogP contribution in [0.2, 0.25) is 0 Å². The van der Waals surface area contributed by atoms with Gasteiger partial charge in [-0.2, -0.15) is 0 Å². The zero-order chi connectivity index (χ0) is 12.8. The molecule has 1 aromatic carbocycles. The van der Waals surface area contributed by atoms with E-state index in [1.165, 1.54) is 49.7 Å². The maximum Gasteiger partial charge on any atom is 0.120 e. The van der Waals surface area contributed by atoms with Crippen LogP contribution < -0.4 is 0 Å². The van der Waals surface area contributed by atoms with E-state index in [1.807, 2.05) is 0 Å². The average Bonchev–Trinajstić information content (AvgIpc) is 2.68. The van der Waals surface area contributed by atoms with Crippen molar-refractivity contribution in [3.63, 3.8) is 0 Å². The molecule has 0 aliphatic heterocycles. The summed E-state index contributed by atoms with van der Waals surface area (Å²) in [5.41, 5.74) is 2.79. The molecule has 1 unspecified atom stereocenters. The standard InChI is InChI=1S/C17H24O/c1-14(12-13-18)15-8-10-17(11-9-15)16-6-4-2-3-5-7-16/h8-11,13-14,16H,2-7,12H2,1H3. The second kappa shape index (κ2) is 6.72. The molecule has 0 bridgehead atoms. The zero-order valence-corrected chi connectivity index (χ0v) is 11.4. The lowest BCUT2D eigenvalue weighted by atomic mass is 9.89. The summed E-state index contributed by atoms with van der Waals surface area (Å²) in [6.45, 7) is 2.12. The van der Waals surface area contributed by atoms with Crippen LogP contribution in [0, 0.1) is 0 Å². The molecular weight excluding hydrogens is 220 g/mol. The van der Waals surface area contributed by atoms with Gasteiger partial charge in [-0.1, -0.05) is 56.9 Å². The zero-order valence-electron chi connectivity index (χ0n) is 11.4. The van der Waals surface area contributed by atoms with Gasteiger partial charge in [0.1, 0.15) is 6.29 Å². The van der Waals surface area contributed by atoms with Gasteiger partial charge in [-0.25, -0.2) is 0 Å². The van der Waals surface area contributed by atoms with Crippen molar-refractivity contribution < 1.29 is 4.79 Å². The smallest absolute Gasteiger partial charge is 0.120 e. The second-order valence-corrected chi connectivity index (χ2v) is 5.66. The van der Waals surface area contributed by atoms with Crippen molar-refractivity contribution in [2.24, 2.45) is 0 Å². The average molecular weight is 244 g/mol. The molecule has 18 heavy (non-hydrogen) atoms. The van der Waals surface area contributed by atoms with Crippen LogP contribution in [0.4, 0.5) is 0 Å². The monoisotopic (exact) mass is 244 g/mol. The summed E-state index contributed by atoms with van der Waals surface area (Å²) in [6, 6.07) is 9.00. The van der Waals surface area contributed by atoms with Crippen molar-refractivity contribution in [2.45, 2.75) is 63.7 Å². The number of carbonyl (C=O) groups excluding carboxylic acids is 1. The van der Waals surface area contributed by atoms with Gasteiger partial charge in [-0.05, 0) is 35.8 Å². The van der Waals surface area contributed by atoms with Gasteiger partial charge in [0, 0.05) is 6.42 Å². The first-order valence-electron chi connectivity index (χ1n) is 7.34. The van der Waals surface area contributed by atoms with Crippen LogP contribution in [0.25, 0.3) is 0 Å². The van der Waals surface area contributed by atoms with Gasteiger partial charge in [-0.15, -0.1) is 0 Å². The summed E-state index contributed by atoms with van der Waals surface area (Å²) in [7, 11) is 0. The molecule has 0 radical (unpaired) electrons. The third-order valence-electron chi connectivity index (χ3n) is 4.28. The lowest BCUT2D eigenvalue weighted by Gasteiger charge is -2.16. The molecule has 1 atom stereocenters. The highest BCUT2D eigenvalue weighted by atomic mass is 16.1. The number of aldehydes is 1. The Hall–Kier alpha value is -1.11. The third-order valence-corrected chi connectivity index (χ3v) is 4.28. The maximum atomic E-state index is 10.5. The fourth-order valence-corrected chi connectivity index (χ4v) is 2.99. The van der Waals surface area contributed by atoms with E-state index in [4.69, 9.17) is 0 Å². The van der Waals surface area contributed by atoms with Gasteiger partial charge in [-0.3, -0.25) is 0 Å². The molecule has 1 fully saturated rings. The van der Waals surface area contributed by atoms with Crippen LogP contribution in [-0.4, -0.2) is 6.29 Å². The Balaban J connectivity index is 2.04. The highest BCUT2D eigenvalue weighted by molar-refractivity contribution is 5.51. The summed E-state index contributed by atoms with van der Waals surface area (Å²) >= 11 is 0. The van der Waals surface area contributed by atoms with Gasteiger partial charge in [0.15, 0.2) is 0 Å². The van der Waals surface area contributed by atoms with Gasteiger partial charge in [0.25, 0.3) is 0 Å². The second-order valence-electron chi connectivity index (χ2n) is 5.66. The largest absolute Gasteiger partial charge is 0.303 e. The Morgan fingerprint density at radius 3 is 2.28 bits per heavy atom. The first-order chi connectivity index (χ1) is 8.81. The van der Waals surface area contributed by atoms with Gasteiger partial charge >= 0.3 is 0 Å². The molecular formula is C17H24O. The molecule has 1 aliphatic carbocycles. The van der Waals surface area contributed by atoms with E-state index in [0.717, 1.165) is 12.2 Å². The maximum absolute atomic E-state index is 10.5. The minimum absolute atomic E-state index is 0.352. The molecule has 0 amide bonds. The summed E-state index contributed by atoms with van der Waals surface area (Å²) < 4.78 is 0. The van der Waals surface area contributed by atoms with Crippen LogP contribution in [-0.2, 0) is 4.79 Å². The molecule has 1 saturated carbocycles. The summed E-state index contributed by atoms with van der Waals surface area (Å²) in [4.78, 5) is 10.5. The van der Waals surface area contributed by atoms with E-state index in [1.54, 1.807) is 0 Å². The molecule has 98 valence electrons. The lowest BCUT2D eigenvalue weighted by molar-refractivity contribution is -0.108. The summed E-state index contributed by atoms with van der Waals surface area (Å²) in [5, 5.41) is 0.